The van der Waals surface area contributed by atoms with E-state index in [0.717, 1.165) is 5.56 Å². The van der Waals surface area contributed by atoms with Gasteiger partial charge in [-0.15, -0.1) is 0 Å². The third-order valence-electron chi connectivity index (χ3n) is 4.43. The first-order valence-corrected chi connectivity index (χ1v) is 10.9. The highest BCUT2D eigenvalue weighted by atomic mass is 35.5. The zero-order chi connectivity index (χ0) is 21.7. The summed E-state index contributed by atoms with van der Waals surface area (Å²) < 4.78 is 0.471. The Labute approximate surface area is 189 Å². The Balaban J connectivity index is 1.52. The number of carbonyl (C=O) groups excluding carboxylic acids is 3. The highest BCUT2D eigenvalue weighted by molar-refractivity contribution is 8.26. The second-order valence-electron chi connectivity index (χ2n) is 6.64. The van der Waals surface area contributed by atoms with Gasteiger partial charge in [-0.2, -0.15) is 0 Å². The van der Waals surface area contributed by atoms with Gasteiger partial charge >= 0.3 is 0 Å². The molecule has 0 spiro atoms. The molecule has 1 N–H and O–H groups in total. The summed E-state index contributed by atoms with van der Waals surface area (Å²) in [4.78, 5) is 38.2. The number of nitrogens with one attached hydrogen (secondary N) is 1. The van der Waals surface area contributed by atoms with E-state index in [0.29, 0.717) is 38.5 Å². The van der Waals surface area contributed by atoms with Crippen LogP contribution in [-0.2, 0) is 9.59 Å². The molecule has 0 unspecified atom stereocenters. The van der Waals surface area contributed by atoms with Gasteiger partial charge in [-0.25, -0.2) is 0 Å². The molecule has 1 saturated heterocycles. The molecule has 30 heavy (non-hydrogen) atoms. The third-order valence-corrected chi connectivity index (χ3v) is 6.15. The van der Waals surface area contributed by atoms with Crippen molar-refractivity contribution in [3.8, 4) is 0 Å². The Bertz CT molecular complexity index is 1030. The molecule has 3 rings (SSSR count). The van der Waals surface area contributed by atoms with E-state index in [9.17, 15) is 14.4 Å². The van der Waals surface area contributed by atoms with Crippen LogP contribution in [0.3, 0.4) is 0 Å². The summed E-state index contributed by atoms with van der Waals surface area (Å²) in [7, 11) is 0. The number of anilines is 1. The number of rotatable bonds is 7. The Kier molecular flexibility index (Phi) is 7.42. The van der Waals surface area contributed by atoms with Crippen LogP contribution in [0.1, 0.15) is 35.7 Å². The van der Waals surface area contributed by atoms with Crippen molar-refractivity contribution in [2.45, 2.75) is 19.8 Å². The second-order valence-corrected chi connectivity index (χ2v) is 8.72. The average molecular weight is 459 g/mol. The highest BCUT2D eigenvalue weighted by Gasteiger charge is 2.31. The van der Waals surface area contributed by atoms with E-state index in [1.54, 1.807) is 36.4 Å². The molecule has 2 amide bonds. The zero-order valence-electron chi connectivity index (χ0n) is 16.2. The van der Waals surface area contributed by atoms with Crippen LogP contribution in [0.4, 0.5) is 5.69 Å². The Morgan fingerprint density at radius 1 is 1.17 bits per heavy atom. The summed E-state index contributed by atoms with van der Waals surface area (Å²) in [5.74, 6) is -0.368. The molecule has 1 aliphatic heterocycles. The van der Waals surface area contributed by atoms with E-state index in [2.05, 4.69) is 5.32 Å². The van der Waals surface area contributed by atoms with Crippen molar-refractivity contribution >= 4 is 69.3 Å². The van der Waals surface area contributed by atoms with Crippen molar-refractivity contribution in [2.75, 3.05) is 11.9 Å². The number of thioether (sulfide) groups is 1. The van der Waals surface area contributed by atoms with Crippen molar-refractivity contribution in [3.05, 3.63) is 69.6 Å². The largest absolute Gasteiger partial charge is 0.326 e. The fourth-order valence-corrected chi connectivity index (χ4v) is 4.33. The molecule has 1 aliphatic rings. The van der Waals surface area contributed by atoms with Gasteiger partial charge in [0.15, 0.2) is 5.78 Å². The van der Waals surface area contributed by atoms with Gasteiger partial charge in [0.2, 0.25) is 5.91 Å². The normalized spacial score (nSPS) is 15.0. The molecule has 0 radical (unpaired) electrons. The summed E-state index contributed by atoms with van der Waals surface area (Å²) in [6.07, 6.45) is 2.46. The third kappa shape index (κ3) is 5.56. The monoisotopic (exact) mass is 458 g/mol. The van der Waals surface area contributed by atoms with Crippen molar-refractivity contribution in [1.82, 2.24) is 4.90 Å². The number of nitrogens with zero attached hydrogens (tertiary/aromatic N) is 1. The maximum Gasteiger partial charge on any atom is 0.266 e. The lowest BCUT2D eigenvalue weighted by Gasteiger charge is -2.14. The molecule has 1 fully saturated rings. The highest BCUT2D eigenvalue weighted by Crippen LogP contribution is 2.33. The molecule has 0 atom stereocenters. The van der Waals surface area contributed by atoms with Crippen LogP contribution in [0.2, 0.25) is 5.02 Å². The fourth-order valence-electron chi connectivity index (χ4n) is 2.84. The predicted molar refractivity (Wildman–Crippen MR) is 126 cm³/mol. The number of carbonyl (C=O) groups is 3. The van der Waals surface area contributed by atoms with Gasteiger partial charge in [0.05, 0.1) is 4.91 Å². The molecule has 8 heteroatoms. The molecule has 2 aromatic rings. The van der Waals surface area contributed by atoms with Gasteiger partial charge < -0.3 is 5.32 Å². The van der Waals surface area contributed by atoms with Gasteiger partial charge in [-0.1, -0.05) is 53.8 Å². The van der Waals surface area contributed by atoms with Crippen LogP contribution in [0, 0.1) is 0 Å². The lowest BCUT2D eigenvalue weighted by Crippen LogP contribution is -2.29. The first-order chi connectivity index (χ1) is 14.3. The van der Waals surface area contributed by atoms with Crippen LogP contribution >= 0.6 is 35.6 Å². The van der Waals surface area contributed by atoms with Crippen LogP contribution in [0.25, 0.3) is 6.08 Å². The molecule has 0 aromatic heterocycles. The summed E-state index contributed by atoms with van der Waals surface area (Å²) >= 11 is 12.7. The molecule has 0 bridgehead atoms. The summed E-state index contributed by atoms with van der Waals surface area (Å²) in [6, 6.07) is 14.0. The molecule has 154 valence electrons. The first kappa shape index (κ1) is 22.2. The maximum atomic E-state index is 12.7. The fraction of sp³-hybridized carbons (Fsp3) is 0.182. The predicted octanol–water partition coefficient (Wildman–Crippen LogP) is 5.16. The van der Waals surface area contributed by atoms with E-state index < -0.39 is 0 Å². The molecule has 1 heterocycles. The van der Waals surface area contributed by atoms with Crippen LogP contribution in [0.15, 0.2) is 53.4 Å². The number of halogens is 1. The van der Waals surface area contributed by atoms with Gasteiger partial charge in [-0.05, 0) is 55.3 Å². The minimum absolute atomic E-state index is 0.0278. The minimum atomic E-state index is -0.176. The molecule has 5 nitrogen and oxygen atoms in total. The zero-order valence-corrected chi connectivity index (χ0v) is 18.6. The van der Waals surface area contributed by atoms with Crippen molar-refractivity contribution in [1.29, 1.82) is 0 Å². The first-order valence-electron chi connectivity index (χ1n) is 9.26. The van der Waals surface area contributed by atoms with E-state index in [-0.39, 0.29) is 24.0 Å². The molecule has 0 saturated carbocycles. The van der Waals surface area contributed by atoms with Gasteiger partial charge in [0, 0.05) is 29.2 Å². The smallest absolute Gasteiger partial charge is 0.266 e. The van der Waals surface area contributed by atoms with Gasteiger partial charge in [-0.3, -0.25) is 19.3 Å². The number of ketones is 1. The summed E-state index contributed by atoms with van der Waals surface area (Å²) in [5.41, 5.74) is 1.97. The Morgan fingerprint density at radius 3 is 2.53 bits per heavy atom. The standard InChI is InChI=1S/C22H19ClN2O3S2/c1-14(26)15-8-10-17(11-9-15)24-20(27)7-4-12-25-21(28)19(30-22(25)29)13-16-5-2-3-6-18(16)23/h2-3,5-6,8-11,13H,4,7,12H2,1H3,(H,24,27). The van der Waals surface area contributed by atoms with Gasteiger partial charge in [0.25, 0.3) is 5.91 Å². The van der Waals surface area contributed by atoms with Crippen LogP contribution < -0.4 is 5.32 Å². The minimum Gasteiger partial charge on any atom is -0.326 e. The quantitative estimate of drug-likeness (QED) is 0.352. The molecular formula is C22H19ClN2O3S2. The Morgan fingerprint density at radius 2 is 1.87 bits per heavy atom. The SMILES string of the molecule is CC(=O)c1ccc(NC(=O)CCCN2C(=O)C(=Cc3ccccc3Cl)SC2=S)cc1. The van der Waals surface area contributed by atoms with Crippen LogP contribution in [-0.4, -0.2) is 33.4 Å². The number of hydrogen-bond acceptors (Lipinski definition) is 5. The van der Waals surface area contributed by atoms with Crippen molar-refractivity contribution in [2.24, 2.45) is 0 Å². The molecule has 0 aliphatic carbocycles. The number of hydrogen-bond donors (Lipinski definition) is 1. The topological polar surface area (TPSA) is 66.5 Å². The van der Waals surface area contributed by atoms with E-state index in [4.69, 9.17) is 23.8 Å². The van der Waals surface area contributed by atoms with Crippen molar-refractivity contribution in [3.63, 3.8) is 0 Å². The van der Waals surface area contributed by atoms with E-state index in [1.165, 1.54) is 23.6 Å². The lowest BCUT2D eigenvalue weighted by molar-refractivity contribution is -0.122. The maximum absolute atomic E-state index is 12.7. The number of benzene rings is 2. The summed E-state index contributed by atoms with van der Waals surface area (Å²) in [5, 5.41) is 3.35. The van der Waals surface area contributed by atoms with Gasteiger partial charge in [0.1, 0.15) is 4.32 Å². The second kappa shape index (κ2) is 10.0. The van der Waals surface area contributed by atoms with Crippen molar-refractivity contribution < 1.29 is 14.4 Å². The van der Waals surface area contributed by atoms with E-state index in [1.807, 2.05) is 18.2 Å². The van der Waals surface area contributed by atoms with Crippen LogP contribution in [0.5, 0.6) is 0 Å². The molecule has 2 aromatic carbocycles. The number of Topliss-reactive ketones (excluding diaryl/α,β-unsaturated/α-hetero) is 1. The average Bonchev–Trinajstić information content (AvgIpc) is 2.97. The molecular weight excluding hydrogens is 440 g/mol. The number of amides is 2. The summed E-state index contributed by atoms with van der Waals surface area (Å²) in [6.45, 7) is 1.85. The number of thiocarbonyl (C=S) groups is 1. The Hall–Kier alpha value is -2.48. The van der Waals surface area contributed by atoms with E-state index >= 15 is 0 Å². The lowest BCUT2D eigenvalue weighted by atomic mass is 10.1.